The number of benzene rings is 2. The predicted molar refractivity (Wildman–Crippen MR) is 115 cm³/mol. The fourth-order valence-corrected chi connectivity index (χ4v) is 6.03. The number of halogens is 2. The van der Waals surface area contributed by atoms with E-state index in [0.29, 0.717) is 0 Å². The molecule has 0 heterocycles. The summed E-state index contributed by atoms with van der Waals surface area (Å²) in [5.74, 6) is -0.270. The van der Waals surface area contributed by atoms with Gasteiger partial charge in [0.25, 0.3) is 0 Å². The summed E-state index contributed by atoms with van der Waals surface area (Å²) >= 11 is 2.34. The second-order valence-electron chi connectivity index (χ2n) is 6.81. The molecule has 2 aromatic rings. The Balaban J connectivity index is 0.000000454. The zero-order chi connectivity index (χ0) is 20.0. The van der Waals surface area contributed by atoms with Crippen molar-refractivity contribution < 1.29 is 48.8 Å². The van der Waals surface area contributed by atoms with Crippen molar-refractivity contribution in [2.75, 3.05) is 0 Å². The summed E-state index contributed by atoms with van der Waals surface area (Å²) in [6.07, 6.45) is 14.9. The third-order valence-corrected chi connectivity index (χ3v) is 9.21. The summed E-state index contributed by atoms with van der Waals surface area (Å²) in [7, 11) is 0. The molecule has 2 nitrogen and oxygen atoms in total. The summed E-state index contributed by atoms with van der Waals surface area (Å²) in [6, 6.07) is 21.5. The van der Waals surface area contributed by atoms with Crippen LogP contribution in [-0.2, 0) is 24.0 Å². The number of hydrogen-bond donors (Lipinski definition) is 0. The van der Waals surface area contributed by atoms with Crippen LogP contribution in [0.25, 0.3) is 5.73 Å². The Kier molecular flexibility index (Phi) is 16.9. The molecule has 1 saturated carbocycles. The van der Waals surface area contributed by atoms with Gasteiger partial charge in [-0.3, -0.25) is 6.08 Å². The maximum absolute atomic E-state index is 10.5. The normalized spacial score (nSPS) is 14.1. The molecule has 0 bridgehead atoms. The van der Waals surface area contributed by atoms with Gasteiger partial charge in [0.15, 0.2) is 0 Å². The van der Waals surface area contributed by atoms with E-state index in [1.54, 1.807) is 0 Å². The molecule has 4 rings (SSSR count). The fraction of sp³-hybridized carbons (Fsp3) is 0.292. The fourth-order valence-electron chi connectivity index (χ4n) is 3.08. The van der Waals surface area contributed by atoms with Crippen LogP contribution in [0.3, 0.4) is 0 Å². The Labute approximate surface area is 205 Å². The molecule has 1 fully saturated rings. The molecule has 0 saturated heterocycles. The van der Waals surface area contributed by atoms with Gasteiger partial charge in [-0.25, -0.2) is 12.2 Å². The molecule has 1 amide bonds. The molecule has 0 spiro atoms. The van der Waals surface area contributed by atoms with Gasteiger partial charge in [0.1, 0.15) is 0 Å². The van der Waals surface area contributed by atoms with E-state index in [0.717, 1.165) is 32.1 Å². The first-order valence-corrected chi connectivity index (χ1v) is 13.7. The van der Waals surface area contributed by atoms with E-state index in [1.807, 2.05) is 12.2 Å². The van der Waals surface area contributed by atoms with Crippen LogP contribution >= 0.6 is 0 Å². The van der Waals surface area contributed by atoms with Gasteiger partial charge in [-0.15, -0.1) is 6.42 Å². The van der Waals surface area contributed by atoms with Crippen LogP contribution in [0.15, 0.2) is 78.9 Å². The van der Waals surface area contributed by atoms with Crippen molar-refractivity contribution in [3.05, 3.63) is 90.7 Å². The summed E-state index contributed by atoms with van der Waals surface area (Å²) in [5.41, 5.74) is 6.83. The van der Waals surface area contributed by atoms with Crippen LogP contribution in [-0.4, -0.2) is 12.1 Å². The summed E-state index contributed by atoms with van der Waals surface area (Å²) in [6.45, 7) is 0. The molecule has 158 valence electrons. The van der Waals surface area contributed by atoms with E-state index < -0.39 is 6.19 Å². The van der Waals surface area contributed by atoms with Gasteiger partial charge in [0, 0.05) is 5.92 Å². The molecule has 2 aliphatic rings. The van der Waals surface area contributed by atoms with Crippen LogP contribution in [0, 0.1) is 12.0 Å². The van der Waals surface area contributed by atoms with Crippen LogP contribution in [0.4, 0.5) is 0 Å². The molecular formula is C24H27Cl2NOSiTi-2. The van der Waals surface area contributed by atoms with Gasteiger partial charge in [0.2, 0.25) is 0 Å². The number of carbonyl (C=O) groups is 1. The van der Waals surface area contributed by atoms with Gasteiger partial charge < -0.3 is 35.3 Å². The predicted octanol–water partition coefficient (Wildman–Crippen LogP) is -1.20. The first-order valence-electron chi connectivity index (χ1n) is 9.85. The average molecular weight is 492 g/mol. The minimum atomic E-state index is -0.545. The second-order valence-corrected chi connectivity index (χ2v) is 11.1. The summed E-state index contributed by atoms with van der Waals surface area (Å²) < 4.78 is 0. The number of allylic oxidation sites excluding steroid dienone is 4. The molecule has 2 aliphatic carbocycles. The monoisotopic (exact) mass is 491 g/mol. The minimum absolute atomic E-state index is 0. The third-order valence-electron chi connectivity index (χ3n) is 4.69. The van der Waals surface area contributed by atoms with Gasteiger partial charge in [-0.05, 0) is 12.8 Å². The second kappa shape index (κ2) is 17.6. The standard InChI is InChI=1S/C12H10Si.C7H13NO.C5H5.2ClH.Ti/c1-3-7-11(8-4-1)13-12-9-5-2-6-10-12;8-7(9)6-4-2-1-3-5-6;1-2-4-5-3-1;;;/h1-10H;6H,1-5H2,(H2,8,9);1-3H,4H2;2*1H;/q;;-1;;;+2/p-3. The molecule has 2 aromatic carbocycles. The summed E-state index contributed by atoms with van der Waals surface area (Å²) in [5, 5.41) is 2.95. The van der Waals surface area contributed by atoms with E-state index in [1.165, 1.54) is 16.8 Å². The van der Waals surface area contributed by atoms with E-state index in [4.69, 9.17) is 5.73 Å². The van der Waals surface area contributed by atoms with Crippen molar-refractivity contribution in [2.24, 2.45) is 5.92 Å². The Morgan fingerprint density at radius 3 is 1.70 bits per heavy atom. The molecular weight excluding hydrogens is 465 g/mol. The zero-order valence-corrected chi connectivity index (χ0v) is 21.1. The molecule has 0 unspecified atom stereocenters. The van der Waals surface area contributed by atoms with Crippen molar-refractivity contribution >= 4 is 22.5 Å². The molecule has 1 N–H and O–H groups in total. The van der Waals surface area contributed by atoms with E-state index in [9.17, 15) is 4.79 Å². The number of hydrogen-bond acceptors (Lipinski definition) is 1. The number of carbonyl (C=O) groups excluding carboxylic acids is 1. The van der Waals surface area contributed by atoms with Crippen molar-refractivity contribution in [3.63, 3.8) is 0 Å². The SMILES string of the molecule is [C-]1=CC=CC1.[Cl-].[Cl-].[NH-]C(=O)C1CCCCC1.[Ti+2]=[Si](c1ccccc1)c1ccccc1. The Hall–Kier alpha value is -1.10. The topological polar surface area (TPSA) is 40.9 Å². The zero-order valence-electron chi connectivity index (χ0n) is 17.0. The van der Waals surface area contributed by atoms with Crippen molar-refractivity contribution in [1.29, 1.82) is 0 Å². The first kappa shape index (κ1) is 28.9. The third kappa shape index (κ3) is 11.3. The molecule has 0 radical (unpaired) electrons. The van der Waals surface area contributed by atoms with Crippen molar-refractivity contribution in [3.8, 4) is 0 Å². The molecule has 0 aromatic heterocycles. The van der Waals surface area contributed by atoms with Gasteiger partial charge in [-0.2, -0.15) is 6.08 Å². The van der Waals surface area contributed by atoms with Crippen LogP contribution in [0.2, 0.25) is 0 Å². The van der Waals surface area contributed by atoms with Crippen molar-refractivity contribution in [1.82, 2.24) is 0 Å². The average Bonchev–Trinajstić information content (AvgIpc) is 3.36. The van der Waals surface area contributed by atoms with E-state index in [-0.39, 0.29) is 36.6 Å². The van der Waals surface area contributed by atoms with Crippen LogP contribution in [0.5, 0.6) is 0 Å². The van der Waals surface area contributed by atoms with E-state index in [2.05, 4.69) is 92.0 Å². The molecule has 30 heavy (non-hydrogen) atoms. The maximum atomic E-state index is 10.5. The van der Waals surface area contributed by atoms with Crippen LogP contribution < -0.4 is 35.2 Å². The Morgan fingerprint density at radius 2 is 1.40 bits per heavy atom. The quantitative estimate of drug-likeness (QED) is 0.392. The van der Waals surface area contributed by atoms with Gasteiger partial charge in [-0.1, -0.05) is 19.3 Å². The van der Waals surface area contributed by atoms with Crippen LogP contribution in [0.1, 0.15) is 38.5 Å². The summed E-state index contributed by atoms with van der Waals surface area (Å²) in [4.78, 5) is 10.5. The molecule has 6 heteroatoms. The first-order chi connectivity index (χ1) is 13.7. The van der Waals surface area contributed by atoms with E-state index >= 15 is 0 Å². The number of rotatable bonds is 3. The Morgan fingerprint density at radius 1 is 0.900 bits per heavy atom. The number of nitrogens with one attached hydrogen (secondary N) is 1. The van der Waals surface area contributed by atoms with Crippen molar-refractivity contribution in [2.45, 2.75) is 38.5 Å². The van der Waals surface area contributed by atoms with Gasteiger partial charge in [0.05, 0.1) is 5.91 Å². The molecule has 0 atom stereocenters. The number of amides is 1. The van der Waals surface area contributed by atoms with Gasteiger partial charge >= 0.3 is 96.4 Å². The molecule has 0 aliphatic heterocycles. The Bertz CT molecular complexity index is 740.